The second-order valence-corrected chi connectivity index (χ2v) is 7.67. The number of urea groups is 1. The molecule has 2 N–H and O–H groups in total. The average molecular weight is 446 g/mol. The highest BCUT2D eigenvalue weighted by Gasteiger charge is 2.26. The van der Waals surface area contributed by atoms with Crippen molar-refractivity contribution in [3.05, 3.63) is 54.1 Å². The number of carbonyl (C=O) groups excluding carboxylic acids is 2. The van der Waals surface area contributed by atoms with Gasteiger partial charge in [0, 0.05) is 18.1 Å². The van der Waals surface area contributed by atoms with Crippen molar-refractivity contribution in [1.82, 2.24) is 24.2 Å². The maximum atomic E-state index is 12.9. The Morgan fingerprint density at radius 2 is 1.77 bits per heavy atom. The van der Waals surface area contributed by atoms with Gasteiger partial charge in [-0.05, 0) is 37.3 Å². The van der Waals surface area contributed by atoms with Gasteiger partial charge in [-0.1, -0.05) is 0 Å². The van der Waals surface area contributed by atoms with Crippen LogP contribution < -0.4 is 14.8 Å². The number of methoxy groups -OCH3 is 2. The molecule has 2 aromatic heterocycles. The largest absolute Gasteiger partial charge is 0.467 e. The zero-order valence-electron chi connectivity index (χ0n) is 16.7. The lowest BCUT2D eigenvalue weighted by molar-refractivity contribution is 0.0596. The first kappa shape index (κ1) is 21.7. The van der Waals surface area contributed by atoms with Crippen molar-refractivity contribution in [2.45, 2.75) is 11.8 Å². The molecule has 162 valence electrons. The van der Waals surface area contributed by atoms with Crippen LogP contribution in [-0.2, 0) is 14.8 Å². The molecule has 0 fully saturated rings. The third-order valence-electron chi connectivity index (χ3n) is 3.92. The maximum Gasteiger partial charge on any atom is 0.339 e. The van der Waals surface area contributed by atoms with Crippen LogP contribution in [0.25, 0.3) is 5.69 Å². The summed E-state index contributed by atoms with van der Waals surface area (Å²) in [6.07, 6.45) is 3.39. The van der Waals surface area contributed by atoms with Crippen molar-refractivity contribution < 1.29 is 27.5 Å². The highest BCUT2D eigenvalue weighted by Crippen LogP contribution is 2.21. The molecule has 13 heteroatoms. The van der Waals surface area contributed by atoms with Crippen LogP contribution in [0.4, 0.5) is 10.7 Å². The summed E-state index contributed by atoms with van der Waals surface area (Å²) >= 11 is 0. The van der Waals surface area contributed by atoms with Gasteiger partial charge >= 0.3 is 18.0 Å². The van der Waals surface area contributed by atoms with Crippen LogP contribution in [0.5, 0.6) is 6.01 Å². The van der Waals surface area contributed by atoms with Crippen molar-refractivity contribution in [2.24, 2.45) is 0 Å². The van der Waals surface area contributed by atoms with Crippen molar-refractivity contribution in [2.75, 3.05) is 19.5 Å². The van der Waals surface area contributed by atoms with E-state index in [1.54, 1.807) is 42.1 Å². The standard InChI is InChI=1S/C18H18N6O6S/c1-11-19-16(22-18(20-11)30-3)21-17(26)23-31(27,28)14-10-12(24-8-4-5-9-24)6-7-13(14)15(25)29-2/h4-10H,1-3H3,(H2,19,20,21,22,23,26). The quantitative estimate of drug-likeness (QED) is 0.533. The maximum absolute atomic E-state index is 12.9. The van der Waals surface area contributed by atoms with Gasteiger partial charge in [0.15, 0.2) is 0 Å². The molecule has 3 rings (SSSR count). The van der Waals surface area contributed by atoms with E-state index in [0.717, 1.165) is 7.11 Å². The molecule has 0 spiro atoms. The molecule has 0 saturated carbocycles. The molecule has 1 aromatic carbocycles. The lowest BCUT2D eigenvalue weighted by atomic mass is 10.2. The Balaban J connectivity index is 1.93. The number of carbonyl (C=O) groups is 2. The first-order chi connectivity index (χ1) is 14.7. The summed E-state index contributed by atoms with van der Waals surface area (Å²) in [4.78, 5) is 35.5. The zero-order chi connectivity index (χ0) is 22.6. The number of hydrogen-bond acceptors (Lipinski definition) is 9. The molecule has 0 bridgehead atoms. The van der Waals surface area contributed by atoms with E-state index in [1.807, 2.05) is 4.72 Å². The first-order valence-electron chi connectivity index (χ1n) is 8.69. The molecule has 2 heterocycles. The van der Waals surface area contributed by atoms with E-state index in [1.165, 1.54) is 19.2 Å². The molecule has 3 aromatic rings. The average Bonchev–Trinajstić information content (AvgIpc) is 3.26. The fourth-order valence-corrected chi connectivity index (χ4v) is 3.71. The molecule has 0 unspecified atom stereocenters. The Kier molecular flexibility index (Phi) is 6.15. The molecule has 31 heavy (non-hydrogen) atoms. The SMILES string of the molecule is COC(=O)c1ccc(-n2cccc2)cc1S(=O)(=O)NC(=O)Nc1nc(C)nc(OC)n1. The van der Waals surface area contributed by atoms with Gasteiger partial charge in [0.2, 0.25) is 5.95 Å². The van der Waals surface area contributed by atoms with Crippen molar-refractivity contribution in [1.29, 1.82) is 0 Å². The number of aromatic nitrogens is 4. The number of aryl methyl sites for hydroxylation is 1. The van der Waals surface area contributed by atoms with Crippen LogP contribution in [-0.4, -0.2) is 54.2 Å². The normalized spacial score (nSPS) is 10.9. The van der Waals surface area contributed by atoms with E-state index >= 15 is 0 Å². The summed E-state index contributed by atoms with van der Waals surface area (Å²) in [6, 6.07) is 6.39. The van der Waals surface area contributed by atoms with Crippen molar-refractivity contribution in [3.63, 3.8) is 0 Å². The van der Waals surface area contributed by atoms with Gasteiger partial charge in [0.05, 0.1) is 19.8 Å². The van der Waals surface area contributed by atoms with Gasteiger partial charge in [-0.2, -0.15) is 15.0 Å². The van der Waals surface area contributed by atoms with E-state index in [-0.39, 0.29) is 23.3 Å². The van der Waals surface area contributed by atoms with Gasteiger partial charge < -0.3 is 14.0 Å². The second-order valence-electron chi connectivity index (χ2n) is 6.01. The Labute approximate surface area is 177 Å². The van der Waals surface area contributed by atoms with E-state index in [4.69, 9.17) is 4.74 Å². The number of sulfonamides is 1. The summed E-state index contributed by atoms with van der Waals surface area (Å²) in [5.74, 6) is -0.846. The number of ether oxygens (including phenoxy) is 2. The van der Waals surface area contributed by atoms with Crippen LogP contribution in [0, 0.1) is 6.92 Å². The van der Waals surface area contributed by atoms with Crippen LogP contribution >= 0.6 is 0 Å². The minimum absolute atomic E-state index is 0.0574. The molecule has 0 atom stereocenters. The Bertz CT molecular complexity index is 1230. The molecule has 2 amide bonds. The predicted molar refractivity (Wildman–Crippen MR) is 108 cm³/mol. The monoisotopic (exact) mass is 446 g/mol. The fraction of sp³-hybridized carbons (Fsp3) is 0.167. The smallest absolute Gasteiger partial charge is 0.339 e. The minimum Gasteiger partial charge on any atom is -0.467 e. The Hall–Kier alpha value is -4.00. The number of benzene rings is 1. The topological polar surface area (TPSA) is 154 Å². The van der Waals surface area contributed by atoms with Crippen molar-refractivity contribution >= 4 is 28.0 Å². The van der Waals surface area contributed by atoms with Crippen LogP contribution in [0.1, 0.15) is 16.2 Å². The van der Waals surface area contributed by atoms with Gasteiger partial charge in [-0.3, -0.25) is 5.32 Å². The number of nitrogens with one attached hydrogen (secondary N) is 2. The van der Waals surface area contributed by atoms with E-state index in [2.05, 4.69) is 25.0 Å². The predicted octanol–water partition coefficient (Wildman–Crippen LogP) is 1.28. The third kappa shape index (κ3) is 4.95. The summed E-state index contributed by atoms with van der Waals surface area (Å²) in [6.45, 7) is 1.54. The molecule has 0 aliphatic carbocycles. The van der Waals surface area contributed by atoms with E-state index < -0.39 is 26.9 Å². The number of hydrogen-bond donors (Lipinski definition) is 2. The summed E-state index contributed by atoms with van der Waals surface area (Å²) in [7, 11) is -2.03. The van der Waals surface area contributed by atoms with Gasteiger partial charge in [0.1, 0.15) is 10.7 Å². The molecule has 0 aliphatic rings. The first-order valence-corrected chi connectivity index (χ1v) is 10.2. The summed E-state index contributed by atoms with van der Waals surface area (Å²) in [5, 5.41) is 2.20. The molecular formula is C18H18N6O6S. The second kappa shape index (κ2) is 8.79. The highest BCUT2D eigenvalue weighted by molar-refractivity contribution is 7.90. The number of nitrogens with zero attached hydrogens (tertiary/aromatic N) is 4. The van der Waals surface area contributed by atoms with Gasteiger partial charge in [0.25, 0.3) is 10.0 Å². The number of rotatable bonds is 6. The van der Waals surface area contributed by atoms with Crippen LogP contribution in [0.3, 0.4) is 0 Å². The van der Waals surface area contributed by atoms with Gasteiger partial charge in [-0.25, -0.2) is 22.7 Å². The third-order valence-corrected chi connectivity index (χ3v) is 5.30. The molecule has 0 radical (unpaired) electrons. The minimum atomic E-state index is -4.48. The lowest BCUT2D eigenvalue weighted by Gasteiger charge is -2.13. The summed E-state index contributed by atoms with van der Waals surface area (Å²) < 4.78 is 38.9. The zero-order valence-corrected chi connectivity index (χ0v) is 17.5. The molecular weight excluding hydrogens is 428 g/mol. The van der Waals surface area contributed by atoms with Gasteiger partial charge in [-0.15, -0.1) is 0 Å². The van der Waals surface area contributed by atoms with E-state index in [9.17, 15) is 18.0 Å². The fourth-order valence-electron chi connectivity index (χ4n) is 2.59. The highest BCUT2D eigenvalue weighted by atomic mass is 32.2. The van der Waals surface area contributed by atoms with E-state index in [0.29, 0.717) is 5.69 Å². The molecule has 0 aliphatic heterocycles. The number of esters is 1. The Morgan fingerprint density at radius 1 is 1.06 bits per heavy atom. The number of anilines is 1. The Morgan fingerprint density at radius 3 is 2.42 bits per heavy atom. The lowest BCUT2D eigenvalue weighted by Crippen LogP contribution is -2.35. The molecule has 0 saturated heterocycles. The van der Waals surface area contributed by atoms with Crippen LogP contribution in [0.15, 0.2) is 47.6 Å². The summed E-state index contributed by atoms with van der Waals surface area (Å²) in [5.41, 5.74) is 0.215. The van der Waals surface area contributed by atoms with Crippen LogP contribution in [0.2, 0.25) is 0 Å². The van der Waals surface area contributed by atoms with Crippen molar-refractivity contribution in [3.8, 4) is 11.7 Å². The number of amides is 2. The molecule has 12 nitrogen and oxygen atoms in total.